The van der Waals surface area contributed by atoms with E-state index in [0.29, 0.717) is 23.5 Å². The van der Waals surface area contributed by atoms with Crippen LogP contribution in [0.3, 0.4) is 0 Å². The summed E-state index contributed by atoms with van der Waals surface area (Å²) in [6.07, 6.45) is 3.47. The average Bonchev–Trinajstić information content (AvgIpc) is 3.13. The largest absolute Gasteiger partial charge is 0.439 e. The number of pyridine rings is 2. The summed E-state index contributed by atoms with van der Waals surface area (Å²) in [6, 6.07) is 15.7. The summed E-state index contributed by atoms with van der Waals surface area (Å²) in [5.74, 6) is 2.06. The number of likely N-dealkylation sites (tertiary alicyclic amines) is 1. The van der Waals surface area contributed by atoms with E-state index in [4.69, 9.17) is 15.5 Å². The molecule has 6 rings (SSSR count). The molecule has 4 aromatic rings. The molecule has 1 aliphatic heterocycles. The monoisotopic (exact) mass is 426 g/mol. The van der Waals surface area contributed by atoms with E-state index in [1.807, 2.05) is 36.4 Å². The summed E-state index contributed by atoms with van der Waals surface area (Å²) < 4.78 is 5.93. The highest BCUT2D eigenvalue weighted by atomic mass is 16.5. The lowest BCUT2D eigenvalue weighted by molar-refractivity contribution is -0.120. The van der Waals surface area contributed by atoms with Crippen LogP contribution < -0.4 is 10.5 Å². The van der Waals surface area contributed by atoms with Gasteiger partial charge >= 0.3 is 0 Å². The second-order valence-electron chi connectivity index (χ2n) is 8.56. The van der Waals surface area contributed by atoms with E-state index in [-0.39, 0.29) is 11.8 Å². The molecular weight excluding hydrogens is 404 g/mol. The normalized spacial score (nSPS) is 22.1. The summed E-state index contributed by atoms with van der Waals surface area (Å²) in [6.45, 7) is 2.65. The first-order valence-electron chi connectivity index (χ1n) is 10.7. The van der Waals surface area contributed by atoms with Crippen molar-refractivity contribution in [3.05, 3.63) is 66.6 Å². The van der Waals surface area contributed by atoms with Crippen LogP contribution in [0.15, 0.2) is 60.9 Å². The number of aromatic nitrogens is 4. The Morgan fingerprint density at radius 3 is 2.72 bits per heavy atom. The molecule has 3 aromatic heterocycles. The second kappa shape index (κ2) is 7.42. The lowest BCUT2D eigenvalue weighted by Crippen LogP contribution is -2.28. The van der Waals surface area contributed by atoms with Crippen LogP contribution in [0.1, 0.15) is 5.69 Å². The SMILES string of the molecule is NC(=O)C1C2CN(Cc3ccc4cc(Oc5ccc(-c6ccn[nH]6)cn5)ccc4n3)CC21. The van der Waals surface area contributed by atoms with Crippen molar-refractivity contribution in [3.8, 4) is 22.9 Å². The Bertz CT molecular complexity index is 1280. The topological polar surface area (TPSA) is 110 Å². The molecule has 1 amide bonds. The van der Waals surface area contributed by atoms with Gasteiger partial charge in [-0.1, -0.05) is 6.07 Å². The molecule has 1 aliphatic carbocycles. The number of nitrogens with one attached hydrogen (secondary N) is 1. The number of carbonyl (C=O) groups excluding carboxylic acids is 1. The van der Waals surface area contributed by atoms with Gasteiger partial charge in [0.25, 0.3) is 0 Å². The highest BCUT2D eigenvalue weighted by Crippen LogP contribution is 2.51. The van der Waals surface area contributed by atoms with Gasteiger partial charge in [0.05, 0.1) is 16.9 Å². The van der Waals surface area contributed by atoms with Crippen molar-refractivity contribution in [2.75, 3.05) is 13.1 Å². The van der Waals surface area contributed by atoms with E-state index in [1.54, 1.807) is 12.4 Å². The molecule has 0 bridgehead atoms. The minimum Gasteiger partial charge on any atom is -0.439 e. The number of nitrogens with zero attached hydrogens (tertiary/aromatic N) is 4. The van der Waals surface area contributed by atoms with Gasteiger partial charge in [0.15, 0.2) is 0 Å². The third-order valence-corrected chi connectivity index (χ3v) is 6.47. The molecule has 1 saturated carbocycles. The number of primary amides is 1. The van der Waals surface area contributed by atoms with Crippen molar-refractivity contribution in [1.82, 2.24) is 25.1 Å². The van der Waals surface area contributed by atoms with Gasteiger partial charge in [-0.15, -0.1) is 0 Å². The van der Waals surface area contributed by atoms with Crippen LogP contribution in [0.4, 0.5) is 0 Å². The fraction of sp³-hybridized carbons (Fsp3) is 0.250. The third kappa shape index (κ3) is 3.48. The van der Waals surface area contributed by atoms with Gasteiger partial charge in [0.1, 0.15) is 5.75 Å². The van der Waals surface area contributed by atoms with Crippen molar-refractivity contribution in [1.29, 1.82) is 0 Å². The zero-order valence-electron chi connectivity index (χ0n) is 17.3. The molecule has 2 aliphatic rings. The van der Waals surface area contributed by atoms with Gasteiger partial charge < -0.3 is 10.5 Å². The number of hydrogen-bond donors (Lipinski definition) is 2. The van der Waals surface area contributed by atoms with E-state index >= 15 is 0 Å². The molecule has 0 radical (unpaired) electrons. The predicted octanol–water partition coefficient (Wildman–Crippen LogP) is 2.98. The van der Waals surface area contributed by atoms with Crippen molar-refractivity contribution >= 4 is 16.8 Å². The van der Waals surface area contributed by atoms with E-state index in [0.717, 1.165) is 47.5 Å². The summed E-state index contributed by atoms with van der Waals surface area (Å²) in [4.78, 5) is 22.9. The van der Waals surface area contributed by atoms with Crippen LogP contribution >= 0.6 is 0 Å². The Balaban J connectivity index is 1.12. The third-order valence-electron chi connectivity index (χ3n) is 6.47. The smallest absolute Gasteiger partial charge is 0.221 e. The van der Waals surface area contributed by atoms with Gasteiger partial charge in [-0.2, -0.15) is 5.10 Å². The fourth-order valence-electron chi connectivity index (χ4n) is 4.83. The van der Waals surface area contributed by atoms with Crippen molar-refractivity contribution in [3.63, 3.8) is 0 Å². The minimum atomic E-state index is -0.148. The summed E-state index contributed by atoms with van der Waals surface area (Å²) >= 11 is 0. The van der Waals surface area contributed by atoms with Crippen molar-refractivity contribution < 1.29 is 9.53 Å². The average molecular weight is 426 g/mol. The maximum absolute atomic E-state index is 11.4. The first-order valence-corrected chi connectivity index (χ1v) is 10.7. The predicted molar refractivity (Wildman–Crippen MR) is 119 cm³/mol. The number of amides is 1. The maximum atomic E-state index is 11.4. The number of carbonyl (C=O) groups is 1. The molecule has 32 heavy (non-hydrogen) atoms. The summed E-state index contributed by atoms with van der Waals surface area (Å²) in [5.41, 5.74) is 9.26. The van der Waals surface area contributed by atoms with Gasteiger partial charge in [-0.05, 0) is 48.2 Å². The number of rotatable bonds is 6. The number of nitrogens with two attached hydrogens (primary N) is 1. The molecule has 3 N–H and O–H groups in total. The summed E-state index contributed by atoms with van der Waals surface area (Å²) in [5, 5.41) is 7.89. The fourth-order valence-corrected chi connectivity index (χ4v) is 4.83. The molecule has 2 fully saturated rings. The number of aromatic amines is 1. The minimum absolute atomic E-state index is 0.0883. The highest BCUT2D eigenvalue weighted by molar-refractivity contribution is 5.81. The number of H-pyrrole nitrogens is 1. The van der Waals surface area contributed by atoms with Gasteiger partial charge in [0, 0.05) is 55.0 Å². The molecule has 1 saturated heterocycles. The Hall–Kier alpha value is -3.78. The zero-order valence-corrected chi connectivity index (χ0v) is 17.3. The Labute approximate surface area is 184 Å². The number of benzene rings is 1. The van der Waals surface area contributed by atoms with E-state index in [9.17, 15) is 4.79 Å². The lowest BCUT2D eigenvalue weighted by Gasteiger charge is -2.18. The van der Waals surface area contributed by atoms with Gasteiger partial charge in [-0.3, -0.25) is 19.8 Å². The molecule has 0 spiro atoms. The van der Waals surface area contributed by atoms with Crippen LogP contribution in [0, 0.1) is 17.8 Å². The van der Waals surface area contributed by atoms with Crippen molar-refractivity contribution in [2.45, 2.75) is 6.54 Å². The van der Waals surface area contributed by atoms with Gasteiger partial charge in [-0.25, -0.2) is 4.98 Å². The molecule has 2 atom stereocenters. The Morgan fingerprint density at radius 2 is 2.00 bits per heavy atom. The molecule has 160 valence electrons. The number of fused-ring (bicyclic) bond motifs is 2. The second-order valence-corrected chi connectivity index (χ2v) is 8.56. The maximum Gasteiger partial charge on any atom is 0.221 e. The molecule has 1 aromatic carbocycles. The van der Waals surface area contributed by atoms with Crippen LogP contribution in [0.2, 0.25) is 0 Å². The molecule has 4 heterocycles. The number of hydrogen-bond acceptors (Lipinski definition) is 6. The Kier molecular flexibility index (Phi) is 4.39. The molecule has 2 unspecified atom stereocenters. The van der Waals surface area contributed by atoms with E-state index in [2.05, 4.69) is 32.2 Å². The van der Waals surface area contributed by atoms with E-state index < -0.39 is 0 Å². The lowest BCUT2D eigenvalue weighted by atomic mass is 10.2. The van der Waals surface area contributed by atoms with E-state index in [1.165, 1.54) is 0 Å². The van der Waals surface area contributed by atoms with Crippen molar-refractivity contribution in [2.24, 2.45) is 23.5 Å². The number of piperidine rings is 1. The first kappa shape index (κ1) is 18.9. The molecule has 8 heteroatoms. The van der Waals surface area contributed by atoms with Crippen LogP contribution in [-0.4, -0.2) is 44.1 Å². The van der Waals surface area contributed by atoms with Crippen LogP contribution in [0.25, 0.3) is 22.2 Å². The zero-order chi connectivity index (χ0) is 21.7. The Morgan fingerprint density at radius 1 is 1.12 bits per heavy atom. The number of ether oxygens (including phenoxy) is 1. The van der Waals surface area contributed by atoms with Crippen LogP contribution in [0.5, 0.6) is 11.6 Å². The molecular formula is C24H22N6O2. The summed E-state index contributed by atoms with van der Waals surface area (Å²) in [7, 11) is 0. The quantitative estimate of drug-likeness (QED) is 0.490. The molecule has 8 nitrogen and oxygen atoms in total. The van der Waals surface area contributed by atoms with Crippen LogP contribution in [-0.2, 0) is 11.3 Å². The first-order chi connectivity index (χ1) is 15.6. The standard InChI is InChI=1S/C24H22N6O2/c25-24(31)23-18-12-30(13-19(18)23)11-16-3-1-14-9-17(4-5-20(14)28-16)32-22-6-2-15(10-26-22)21-7-8-27-29-21/h1-10,18-19,23H,11-13H2,(H2,25,31)(H,27,29). The highest BCUT2D eigenvalue weighted by Gasteiger charge is 2.58. The van der Waals surface area contributed by atoms with Gasteiger partial charge in [0.2, 0.25) is 11.8 Å².